The molecule has 0 bridgehead atoms. The van der Waals surface area contributed by atoms with Gasteiger partial charge in [-0.2, -0.15) is 0 Å². The monoisotopic (exact) mass is 276 g/mol. The Bertz CT molecular complexity index is 524. The Morgan fingerprint density at radius 1 is 1.42 bits per heavy atom. The van der Waals surface area contributed by atoms with Gasteiger partial charge in [0.15, 0.2) is 0 Å². The molecule has 0 saturated carbocycles. The highest BCUT2D eigenvalue weighted by atomic mass is 32.1. The van der Waals surface area contributed by atoms with Crippen LogP contribution in [0.25, 0.3) is 10.6 Å². The van der Waals surface area contributed by atoms with Gasteiger partial charge >= 0.3 is 0 Å². The van der Waals surface area contributed by atoms with Crippen LogP contribution in [-0.4, -0.2) is 18.6 Å². The van der Waals surface area contributed by atoms with Crippen molar-refractivity contribution in [1.29, 1.82) is 0 Å². The second-order valence-corrected chi connectivity index (χ2v) is 5.35. The van der Waals surface area contributed by atoms with E-state index in [9.17, 15) is 0 Å². The first-order valence-corrected chi connectivity index (χ1v) is 7.39. The minimum absolute atomic E-state index is 0.303. The van der Waals surface area contributed by atoms with Crippen molar-refractivity contribution in [2.75, 3.05) is 13.7 Å². The number of benzene rings is 1. The van der Waals surface area contributed by atoms with Crippen LogP contribution < -0.4 is 5.32 Å². The predicted molar refractivity (Wildman–Crippen MR) is 80.4 cm³/mol. The summed E-state index contributed by atoms with van der Waals surface area (Å²) in [4.78, 5) is 4.72. The second kappa shape index (κ2) is 6.80. The molecule has 0 fully saturated rings. The fourth-order valence-corrected chi connectivity index (χ4v) is 2.90. The summed E-state index contributed by atoms with van der Waals surface area (Å²) in [5.41, 5.74) is 3.45. The number of ether oxygens (including phenoxy) is 1. The van der Waals surface area contributed by atoms with Crippen LogP contribution >= 0.6 is 11.3 Å². The minimum atomic E-state index is 0.303. The summed E-state index contributed by atoms with van der Waals surface area (Å²) in [6.45, 7) is 5.85. The largest absolute Gasteiger partial charge is 0.380 e. The fourth-order valence-electron chi connectivity index (χ4n) is 1.99. The van der Waals surface area contributed by atoms with Crippen LogP contribution in [0.5, 0.6) is 0 Å². The van der Waals surface area contributed by atoms with E-state index in [1.807, 2.05) is 0 Å². The first-order chi connectivity index (χ1) is 9.24. The molecule has 0 aliphatic rings. The van der Waals surface area contributed by atoms with Crippen LogP contribution in [0.3, 0.4) is 0 Å². The first kappa shape index (κ1) is 14.2. The number of methoxy groups -OCH3 is 1. The number of rotatable bonds is 6. The Morgan fingerprint density at radius 3 is 3.00 bits per heavy atom. The molecule has 102 valence electrons. The molecule has 1 unspecified atom stereocenters. The van der Waals surface area contributed by atoms with Crippen LogP contribution in [0.15, 0.2) is 29.6 Å². The van der Waals surface area contributed by atoms with E-state index in [0.29, 0.717) is 12.6 Å². The average molecular weight is 276 g/mol. The minimum Gasteiger partial charge on any atom is -0.380 e. The van der Waals surface area contributed by atoms with Crippen LogP contribution in [0, 0.1) is 0 Å². The summed E-state index contributed by atoms with van der Waals surface area (Å²) in [6.07, 6.45) is 0. The molecular formula is C15H20N2OS. The van der Waals surface area contributed by atoms with Crippen LogP contribution in [0.2, 0.25) is 0 Å². The predicted octanol–water partition coefficient (Wildman–Crippen LogP) is 3.63. The lowest BCUT2D eigenvalue weighted by Crippen LogP contribution is -2.17. The lowest BCUT2D eigenvalue weighted by Gasteiger charge is -2.08. The second-order valence-electron chi connectivity index (χ2n) is 4.49. The van der Waals surface area contributed by atoms with Crippen molar-refractivity contribution in [3.8, 4) is 10.6 Å². The molecule has 0 spiro atoms. The van der Waals surface area contributed by atoms with Gasteiger partial charge in [-0.15, -0.1) is 11.3 Å². The van der Waals surface area contributed by atoms with E-state index in [0.717, 1.165) is 22.8 Å². The van der Waals surface area contributed by atoms with Gasteiger partial charge in [0.2, 0.25) is 0 Å². The number of nitrogens with zero attached hydrogens (tertiary/aromatic N) is 1. The summed E-state index contributed by atoms with van der Waals surface area (Å²) in [5.74, 6) is 0. The topological polar surface area (TPSA) is 34.1 Å². The first-order valence-electron chi connectivity index (χ1n) is 6.51. The number of nitrogens with one attached hydrogen (secondary N) is 1. The molecule has 0 aliphatic heterocycles. The van der Waals surface area contributed by atoms with E-state index in [1.54, 1.807) is 18.4 Å². The molecule has 0 amide bonds. The molecular weight excluding hydrogens is 256 g/mol. The van der Waals surface area contributed by atoms with Crippen LogP contribution in [0.1, 0.15) is 31.1 Å². The van der Waals surface area contributed by atoms with E-state index < -0.39 is 0 Å². The van der Waals surface area contributed by atoms with Crippen molar-refractivity contribution >= 4 is 11.3 Å². The van der Waals surface area contributed by atoms with Crippen molar-refractivity contribution in [1.82, 2.24) is 10.3 Å². The highest BCUT2D eigenvalue weighted by molar-refractivity contribution is 7.13. The maximum atomic E-state index is 5.17. The van der Waals surface area contributed by atoms with E-state index in [1.165, 1.54) is 5.56 Å². The zero-order chi connectivity index (χ0) is 13.7. The Balaban J connectivity index is 2.20. The molecule has 19 heavy (non-hydrogen) atoms. The normalized spacial score (nSPS) is 12.6. The molecule has 0 radical (unpaired) electrons. The van der Waals surface area contributed by atoms with E-state index in [2.05, 4.69) is 48.8 Å². The van der Waals surface area contributed by atoms with Gasteiger partial charge in [-0.1, -0.05) is 25.1 Å². The lowest BCUT2D eigenvalue weighted by molar-refractivity contribution is 0.185. The summed E-state index contributed by atoms with van der Waals surface area (Å²) in [7, 11) is 1.71. The quantitative estimate of drug-likeness (QED) is 0.875. The Hall–Kier alpha value is -1.23. The zero-order valence-electron chi connectivity index (χ0n) is 11.6. The molecule has 4 heteroatoms. The summed E-state index contributed by atoms with van der Waals surface area (Å²) in [6, 6.07) is 8.67. The van der Waals surface area contributed by atoms with E-state index in [4.69, 9.17) is 9.72 Å². The molecule has 0 saturated heterocycles. The Morgan fingerprint density at radius 2 is 2.26 bits per heavy atom. The molecule has 1 aromatic heterocycles. The highest BCUT2D eigenvalue weighted by Crippen LogP contribution is 2.27. The SMILES string of the molecule is CCNC(C)c1csc(-c2cccc(COC)c2)n1. The maximum absolute atomic E-state index is 5.17. The Kier molecular flexibility index (Phi) is 5.07. The maximum Gasteiger partial charge on any atom is 0.123 e. The standard InChI is InChI=1S/C15H20N2OS/c1-4-16-11(2)14-10-19-15(17-14)13-7-5-6-12(8-13)9-18-3/h5-8,10-11,16H,4,9H2,1-3H3. The Labute approximate surface area is 118 Å². The number of hydrogen-bond acceptors (Lipinski definition) is 4. The number of aromatic nitrogens is 1. The van der Waals surface area contributed by atoms with Gasteiger partial charge in [0, 0.05) is 24.1 Å². The summed E-state index contributed by atoms with van der Waals surface area (Å²) < 4.78 is 5.17. The third-order valence-electron chi connectivity index (χ3n) is 2.96. The van der Waals surface area contributed by atoms with Gasteiger partial charge in [-0.25, -0.2) is 4.98 Å². The molecule has 1 heterocycles. The number of thiazole rings is 1. The highest BCUT2D eigenvalue weighted by Gasteiger charge is 2.10. The van der Waals surface area contributed by atoms with Crippen molar-refractivity contribution in [2.45, 2.75) is 26.5 Å². The molecule has 1 aromatic carbocycles. The fraction of sp³-hybridized carbons (Fsp3) is 0.400. The van der Waals surface area contributed by atoms with Gasteiger partial charge in [0.05, 0.1) is 12.3 Å². The zero-order valence-corrected chi connectivity index (χ0v) is 12.5. The average Bonchev–Trinajstić information content (AvgIpc) is 2.89. The molecule has 2 aromatic rings. The summed E-state index contributed by atoms with van der Waals surface area (Å²) in [5, 5.41) is 6.58. The molecule has 1 N–H and O–H groups in total. The van der Waals surface area contributed by atoms with Gasteiger partial charge < -0.3 is 10.1 Å². The third kappa shape index (κ3) is 3.62. The molecule has 2 rings (SSSR count). The van der Waals surface area contributed by atoms with Crippen LogP contribution in [0.4, 0.5) is 0 Å². The van der Waals surface area contributed by atoms with E-state index in [-0.39, 0.29) is 0 Å². The van der Waals surface area contributed by atoms with E-state index >= 15 is 0 Å². The van der Waals surface area contributed by atoms with Crippen molar-refractivity contribution in [3.63, 3.8) is 0 Å². The molecule has 0 aliphatic carbocycles. The lowest BCUT2D eigenvalue weighted by atomic mass is 10.1. The van der Waals surface area contributed by atoms with Gasteiger partial charge in [0.25, 0.3) is 0 Å². The van der Waals surface area contributed by atoms with Crippen molar-refractivity contribution in [2.24, 2.45) is 0 Å². The number of hydrogen-bond donors (Lipinski definition) is 1. The van der Waals surface area contributed by atoms with Gasteiger partial charge in [-0.05, 0) is 25.1 Å². The third-order valence-corrected chi connectivity index (χ3v) is 3.87. The van der Waals surface area contributed by atoms with Gasteiger partial charge in [0.1, 0.15) is 5.01 Å². The van der Waals surface area contributed by atoms with Crippen molar-refractivity contribution < 1.29 is 4.74 Å². The van der Waals surface area contributed by atoms with Gasteiger partial charge in [-0.3, -0.25) is 0 Å². The molecule has 1 atom stereocenters. The van der Waals surface area contributed by atoms with Crippen molar-refractivity contribution in [3.05, 3.63) is 40.9 Å². The smallest absolute Gasteiger partial charge is 0.123 e. The molecule has 3 nitrogen and oxygen atoms in total. The summed E-state index contributed by atoms with van der Waals surface area (Å²) >= 11 is 1.69. The van der Waals surface area contributed by atoms with Crippen LogP contribution in [-0.2, 0) is 11.3 Å².